The standard InChI is InChI=1S/C53H33N3O/c1-53(2)42-21-11-9-20-39(42)49-50(32-23-26-46-40(28-32)36-18-10-12-22-45(36)57-46)54-52(55-51(49)53)56-43-25-24-38-35-17-6-5-15-33(35)34-16-7-8-19-37(34)47(38)48(43)41-27-30-13-3-4-14-31(30)29-44(41)56/h3-29H,1-2H3. The van der Waals surface area contributed by atoms with Gasteiger partial charge in [-0.1, -0.05) is 135 Å². The van der Waals surface area contributed by atoms with Crippen LogP contribution in [0.1, 0.15) is 25.1 Å². The fourth-order valence-corrected chi connectivity index (χ4v) is 10.1. The maximum absolute atomic E-state index is 6.29. The van der Waals surface area contributed by atoms with Crippen LogP contribution in [0.4, 0.5) is 0 Å². The molecule has 1 aliphatic carbocycles. The molecule has 0 unspecified atom stereocenters. The van der Waals surface area contributed by atoms with Crippen molar-refractivity contribution in [3.8, 4) is 28.3 Å². The van der Waals surface area contributed by atoms with E-state index in [1.165, 1.54) is 65.0 Å². The lowest BCUT2D eigenvalue weighted by Gasteiger charge is -2.21. The molecule has 4 nitrogen and oxygen atoms in total. The molecule has 0 fully saturated rings. The second-order valence-electron chi connectivity index (χ2n) is 16.1. The molecule has 3 heterocycles. The molecule has 57 heavy (non-hydrogen) atoms. The summed E-state index contributed by atoms with van der Waals surface area (Å²) in [7, 11) is 0. The summed E-state index contributed by atoms with van der Waals surface area (Å²) in [5, 5.41) is 14.5. The van der Waals surface area contributed by atoms with Gasteiger partial charge in [0.1, 0.15) is 11.2 Å². The molecule has 13 rings (SSSR count). The third-order valence-electron chi connectivity index (χ3n) is 12.7. The molecular weight excluding hydrogens is 695 g/mol. The normalized spacial score (nSPS) is 13.6. The van der Waals surface area contributed by atoms with Crippen molar-refractivity contribution in [1.82, 2.24) is 14.5 Å². The summed E-state index contributed by atoms with van der Waals surface area (Å²) in [5.41, 5.74) is 10.1. The maximum Gasteiger partial charge on any atom is 0.235 e. The summed E-state index contributed by atoms with van der Waals surface area (Å²) < 4.78 is 8.62. The highest BCUT2D eigenvalue weighted by molar-refractivity contribution is 6.35. The zero-order valence-electron chi connectivity index (χ0n) is 31.3. The molecule has 0 amide bonds. The van der Waals surface area contributed by atoms with Crippen LogP contribution >= 0.6 is 0 Å². The lowest BCUT2D eigenvalue weighted by atomic mass is 9.85. The number of para-hydroxylation sites is 1. The largest absolute Gasteiger partial charge is 0.456 e. The lowest BCUT2D eigenvalue weighted by molar-refractivity contribution is 0.632. The van der Waals surface area contributed by atoms with E-state index in [0.717, 1.165) is 55.5 Å². The van der Waals surface area contributed by atoms with E-state index in [-0.39, 0.29) is 5.41 Å². The van der Waals surface area contributed by atoms with Crippen molar-refractivity contribution in [2.75, 3.05) is 0 Å². The van der Waals surface area contributed by atoms with Gasteiger partial charge in [0.15, 0.2) is 0 Å². The first kappa shape index (κ1) is 31.0. The van der Waals surface area contributed by atoms with Crippen LogP contribution < -0.4 is 0 Å². The molecule has 0 saturated heterocycles. The van der Waals surface area contributed by atoms with Crippen molar-refractivity contribution in [3.05, 3.63) is 175 Å². The van der Waals surface area contributed by atoms with Crippen molar-refractivity contribution < 1.29 is 4.42 Å². The minimum absolute atomic E-state index is 0.349. The summed E-state index contributed by atoms with van der Waals surface area (Å²) in [5.74, 6) is 0.668. The highest BCUT2D eigenvalue weighted by atomic mass is 16.3. The third kappa shape index (κ3) is 4.06. The van der Waals surface area contributed by atoms with E-state index in [4.69, 9.17) is 14.4 Å². The van der Waals surface area contributed by atoms with Crippen LogP contribution in [-0.4, -0.2) is 14.5 Å². The van der Waals surface area contributed by atoms with Gasteiger partial charge in [0.2, 0.25) is 5.95 Å². The van der Waals surface area contributed by atoms with E-state index in [9.17, 15) is 0 Å². The SMILES string of the molecule is CC1(C)c2ccccc2-c2c(-c3ccc4oc5ccccc5c4c3)nc(-n3c4cc5ccccc5cc4c4c5c6ccccc6c6ccccc6c5ccc43)nc21. The Morgan fingerprint density at radius 2 is 1.11 bits per heavy atom. The number of aromatic nitrogens is 3. The summed E-state index contributed by atoms with van der Waals surface area (Å²) >= 11 is 0. The molecule has 0 aliphatic heterocycles. The second kappa shape index (κ2) is 10.9. The number of fused-ring (bicyclic) bond motifs is 17. The number of nitrogens with zero attached hydrogens (tertiary/aromatic N) is 3. The first-order valence-corrected chi connectivity index (χ1v) is 19.7. The minimum Gasteiger partial charge on any atom is -0.456 e. The van der Waals surface area contributed by atoms with E-state index in [0.29, 0.717) is 5.95 Å². The molecule has 12 aromatic rings. The molecule has 1 aliphatic rings. The molecule has 4 heteroatoms. The zero-order chi connectivity index (χ0) is 37.6. The Morgan fingerprint density at radius 3 is 1.91 bits per heavy atom. The van der Waals surface area contributed by atoms with Gasteiger partial charge in [-0.2, -0.15) is 0 Å². The summed E-state index contributed by atoms with van der Waals surface area (Å²) in [6, 6.07) is 59.2. The van der Waals surface area contributed by atoms with Gasteiger partial charge in [-0.25, -0.2) is 9.97 Å². The van der Waals surface area contributed by atoms with Crippen LogP contribution in [0.25, 0.3) is 115 Å². The number of benzene rings is 9. The van der Waals surface area contributed by atoms with E-state index in [2.05, 4.69) is 170 Å². The predicted molar refractivity (Wildman–Crippen MR) is 237 cm³/mol. The Labute approximate surface area is 327 Å². The second-order valence-corrected chi connectivity index (χ2v) is 16.1. The van der Waals surface area contributed by atoms with Crippen LogP contribution in [0.5, 0.6) is 0 Å². The monoisotopic (exact) mass is 727 g/mol. The van der Waals surface area contributed by atoms with Gasteiger partial charge in [0, 0.05) is 43.5 Å². The number of hydrogen-bond acceptors (Lipinski definition) is 3. The third-order valence-corrected chi connectivity index (χ3v) is 12.7. The van der Waals surface area contributed by atoms with Gasteiger partial charge in [0.25, 0.3) is 0 Å². The van der Waals surface area contributed by atoms with Gasteiger partial charge in [-0.3, -0.25) is 4.57 Å². The van der Waals surface area contributed by atoms with Crippen LogP contribution in [0.2, 0.25) is 0 Å². The zero-order valence-corrected chi connectivity index (χ0v) is 31.3. The van der Waals surface area contributed by atoms with Crippen LogP contribution in [0.15, 0.2) is 168 Å². The van der Waals surface area contributed by atoms with Gasteiger partial charge < -0.3 is 4.42 Å². The highest BCUT2D eigenvalue weighted by Crippen LogP contribution is 2.52. The first-order chi connectivity index (χ1) is 28.0. The molecule has 9 aromatic carbocycles. The van der Waals surface area contributed by atoms with E-state index in [1.54, 1.807) is 0 Å². The van der Waals surface area contributed by atoms with E-state index < -0.39 is 0 Å². The van der Waals surface area contributed by atoms with Crippen LogP contribution in [-0.2, 0) is 5.41 Å². The van der Waals surface area contributed by atoms with E-state index in [1.807, 2.05) is 12.1 Å². The molecule has 3 aromatic heterocycles. The van der Waals surface area contributed by atoms with Crippen LogP contribution in [0, 0.1) is 0 Å². The van der Waals surface area contributed by atoms with Gasteiger partial charge in [-0.15, -0.1) is 0 Å². The van der Waals surface area contributed by atoms with Gasteiger partial charge in [0.05, 0.1) is 22.4 Å². The van der Waals surface area contributed by atoms with Crippen molar-refractivity contribution in [2.24, 2.45) is 0 Å². The van der Waals surface area contributed by atoms with Gasteiger partial charge >= 0.3 is 0 Å². The Balaban J connectivity index is 1.20. The highest BCUT2D eigenvalue weighted by Gasteiger charge is 2.40. The number of furan rings is 1. The molecule has 0 bridgehead atoms. The van der Waals surface area contributed by atoms with Crippen molar-refractivity contribution in [3.63, 3.8) is 0 Å². The van der Waals surface area contributed by atoms with Crippen LogP contribution in [0.3, 0.4) is 0 Å². The van der Waals surface area contributed by atoms with Crippen molar-refractivity contribution >= 4 is 86.8 Å². The Hall–Kier alpha value is -7.30. The molecule has 0 spiro atoms. The quantitative estimate of drug-likeness (QED) is 0.167. The minimum atomic E-state index is -0.349. The predicted octanol–water partition coefficient (Wildman–Crippen LogP) is 14.1. The van der Waals surface area contributed by atoms with Crippen molar-refractivity contribution in [1.29, 1.82) is 0 Å². The van der Waals surface area contributed by atoms with Crippen molar-refractivity contribution in [2.45, 2.75) is 19.3 Å². The molecule has 266 valence electrons. The Bertz CT molecular complexity index is 3700. The summed E-state index contributed by atoms with van der Waals surface area (Å²) in [4.78, 5) is 11.3. The maximum atomic E-state index is 6.29. The first-order valence-electron chi connectivity index (χ1n) is 19.7. The summed E-state index contributed by atoms with van der Waals surface area (Å²) in [6.45, 7) is 4.60. The molecule has 0 radical (unpaired) electrons. The topological polar surface area (TPSA) is 43.9 Å². The fraction of sp³-hybridized carbons (Fsp3) is 0.0566. The number of rotatable bonds is 2. The fourth-order valence-electron chi connectivity index (χ4n) is 10.1. The molecule has 0 N–H and O–H groups in total. The van der Waals surface area contributed by atoms with E-state index >= 15 is 0 Å². The van der Waals surface area contributed by atoms with Gasteiger partial charge in [-0.05, 0) is 91.3 Å². The average molecular weight is 728 g/mol. The number of hydrogen-bond donors (Lipinski definition) is 0. The molecule has 0 saturated carbocycles. The summed E-state index contributed by atoms with van der Waals surface area (Å²) in [6.07, 6.45) is 0. The molecular formula is C53H33N3O. The average Bonchev–Trinajstić information content (AvgIpc) is 3.87. The Kier molecular flexibility index (Phi) is 5.94. The Morgan fingerprint density at radius 1 is 0.474 bits per heavy atom. The lowest BCUT2D eigenvalue weighted by Crippen LogP contribution is -2.18. The smallest absolute Gasteiger partial charge is 0.235 e. The molecule has 0 atom stereocenters.